The van der Waals surface area contributed by atoms with E-state index in [-0.39, 0.29) is 0 Å². The minimum Gasteiger partial charge on any atom is -0.351 e. The van der Waals surface area contributed by atoms with Crippen molar-refractivity contribution in [2.45, 2.75) is 45.3 Å². The van der Waals surface area contributed by atoms with Crippen molar-refractivity contribution in [2.24, 2.45) is 5.92 Å². The van der Waals surface area contributed by atoms with Gasteiger partial charge in [-0.15, -0.1) is 0 Å². The monoisotopic (exact) mass is 240 g/mol. The number of nitrogens with zero attached hydrogens (tertiary/aromatic N) is 3. The summed E-state index contributed by atoms with van der Waals surface area (Å²) in [5.74, 6) is 2.09. The van der Waals surface area contributed by atoms with Crippen LogP contribution in [0.15, 0.2) is 5.16 Å². The molecule has 0 radical (unpaired) electrons. The van der Waals surface area contributed by atoms with Gasteiger partial charge in [0.2, 0.25) is 5.95 Å². The Morgan fingerprint density at radius 1 is 1.19 bits per heavy atom. The summed E-state index contributed by atoms with van der Waals surface area (Å²) in [5.41, 5.74) is 0. The first kappa shape index (κ1) is 13.2. The summed E-state index contributed by atoms with van der Waals surface area (Å²) in [5, 5.41) is 4.10. The minimum atomic E-state index is 0.363. The molecule has 90 valence electrons. The van der Waals surface area contributed by atoms with Gasteiger partial charge in [-0.3, -0.25) is 0 Å². The molecule has 0 aromatic carbocycles. The molecule has 1 aromatic rings. The summed E-state index contributed by atoms with van der Waals surface area (Å²) in [4.78, 5) is 13.1. The van der Waals surface area contributed by atoms with Gasteiger partial charge in [-0.1, -0.05) is 32.5 Å². The number of thioether (sulfide) groups is 1. The third-order valence-corrected chi connectivity index (χ3v) is 3.06. The minimum absolute atomic E-state index is 0.363. The van der Waals surface area contributed by atoms with E-state index in [9.17, 15) is 0 Å². The van der Waals surface area contributed by atoms with Crippen LogP contribution in [0.3, 0.4) is 0 Å². The zero-order valence-electron chi connectivity index (χ0n) is 10.6. The average molecular weight is 240 g/mol. The number of rotatable bonds is 5. The summed E-state index contributed by atoms with van der Waals surface area (Å²) >= 11 is 1.55. The Labute approximate surface area is 102 Å². The fraction of sp³-hybridized carbons (Fsp3) is 0.727. The maximum Gasteiger partial charge on any atom is 0.227 e. The van der Waals surface area contributed by atoms with E-state index >= 15 is 0 Å². The molecule has 1 aromatic heterocycles. The van der Waals surface area contributed by atoms with Crippen LogP contribution in [0.1, 0.15) is 33.5 Å². The standard InChI is InChI=1S/C11H20N4S/c1-6-9-13-10(12-8(4)7(2)3)15-11(14-9)16-5/h7-8H,6H2,1-5H3,(H,12,13,14,15). The summed E-state index contributed by atoms with van der Waals surface area (Å²) in [6.07, 6.45) is 2.81. The molecule has 0 aliphatic heterocycles. The van der Waals surface area contributed by atoms with Gasteiger partial charge in [0, 0.05) is 12.5 Å². The van der Waals surface area contributed by atoms with Gasteiger partial charge in [-0.05, 0) is 19.1 Å². The van der Waals surface area contributed by atoms with Crippen LogP contribution in [-0.4, -0.2) is 27.2 Å². The van der Waals surface area contributed by atoms with Gasteiger partial charge in [0.25, 0.3) is 0 Å². The van der Waals surface area contributed by atoms with Crippen LogP contribution in [0.2, 0.25) is 0 Å². The lowest BCUT2D eigenvalue weighted by molar-refractivity contribution is 0.554. The molecule has 0 bridgehead atoms. The van der Waals surface area contributed by atoms with Crippen LogP contribution in [0.4, 0.5) is 5.95 Å². The third kappa shape index (κ3) is 3.63. The van der Waals surface area contributed by atoms with Crippen molar-refractivity contribution in [1.82, 2.24) is 15.0 Å². The maximum absolute atomic E-state index is 4.38. The van der Waals surface area contributed by atoms with E-state index in [0.717, 1.165) is 17.4 Å². The molecule has 0 fully saturated rings. The van der Waals surface area contributed by atoms with Gasteiger partial charge < -0.3 is 5.32 Å². The zero-order valence-corrected chi connectivity index (χ0v) is 11.4. The second-order valence-corrected chi connectivity index (χ2v) is 4.87. The van der Waals surface area contributed by atoms with Crippen LogP contribution in [-0.2, 0) is 6.42 Å². The van der Waals surface area contributed by atoms with Crippen LogP contribution in [0.25, 0.3) is 0 Å². The van der Waals surface area contributed by atoms with Gasteiger partial charge in [0.15, 0.2) is 5.16 Å². The van der Waals surface area contributed by atoms with Gasteiger partial charge in [0.1, 0.15) is 5.82 Å². The second kappa shape index (κ2) is 6.03. The van der Waals surface area contributed by atoms with Crippen LogP contribution in [0, 0.1) is 5.92 Å². The van der Waals surface area contributed by atoms with E-state index in [2.05, 4.69) is 48.0 Å². The highest BCUT2D eigenvalue weighted by Crippen LogP contribution is 2.13. The molecule has 1 unspecified atom stereocenters. The van der Waals surface area contributed by atoms with E-state index in [4.69, 9.17) is 0 Å². The lowest BCUT2D eigenvalue weighted by Crippen LogP contribution is -2.23. The number of anilines is 1. The quantitative estimate of drug-likeness (QED) is 0.802. The fourth-order valence-electron chi connectivity index (χ4n) is 1.08. The molecule has 1 rings (SSSR count). The van der Waals surface area contributed by atoms with Gasteiger partial charge in [-0.25, -0.2) is 4.98 Å². The van der Waals surface area contributed by atoms with Crippen LogP contribution < -0.4 is 5.32 Å². The molecular weight excluding hydrogens is 220 g/mol. The smallest absolute Gasteiger partial charge is 0.227 e. The summed E-state index contributed by atoms with van der Waals surface area (Å²) in [6.45, 7) is 8.54. The van der Waals surface area contributed by atoms with Gasteiger partial charge in [0.05, 0.1) is 0 Å². The van der Waals surface area contributed by atoms with E-state index in [1.165, 1.54) is 0 Å². The molecule has 1 atom stereocenters. The van der Waals surface area contributed by atoms with Crippen molar-refractivity contribution in [3.8, 4) is 0 Å². The first-order chi connectivity index (χ1) is 7.56. The molecule has 0 aliphatic carbocycles. The van der Waals surface area contributed by atoms with Crippen molar-refractivity contribution in [2.75, 3.05) is 11.6 Å². The van der Waals surface area contributed by atoms with Gasteiger partial charge in [-0.2, -0.15) is 9.97 Å². The SMILES string of the molecule is CCc1nc(NC(C)C(C)C)nc(SC)n1. The highest BCUT2D eigenvalue weighted by atomic mass is 32.2. The van der Waals surface area contributed by atoms with E-state index in [0.29, 0.717) is 17.9 Å². The largest absolute Gasteiger partial charge is 0.351 e. The fourth-order valence-corrected chi connectivity index (χ4v) is 1.46. The van der Waals surface area contributed by atoms with Crippen molar-refractivity contribution in [3.63, 3.8) is 0 Å². The summed E-state index contributed by atoms with van der Waals surface area (Å²) in [6, 6.07) is 0.363. The predicted molar refractivity (Wildman–Crippen MR) is 68.9 cm³/mol. The highest BCUT2D eigenvalue weighted by molar-refractivity contribution is 7.98. The number of aromatic nitrogens is 3. The Morgan fingerprint density at radius 2 is 1.88 bits per heavy atom. The molecule has 5 heteroatoms. The summed E-state index contributed by atoms with van der Waals surface area (Å²) in [7, 11) is 0. The van der Waals surface area contributed by atoms with Crippen molar-refractivity contribution in [1.29, 1.82) is 0 Å². The molecule has 4 nitrogen and oxygen atoms in total. The first-order valence-electron chi connectivity index (χ1n) is 5.62. The molecule has 0 amide bonds. The van der Waals surface area contributed by atoms with Crippen LogP contribution >= 0.6 is 11.8 Å². The predicted octanol–water partition coefficient (Wildman–Crippen LogP) is 2.61. The Kier molecular flexibility index (Phi) is 4.99. The average Bonchev–Trinajstić information content (AvgIpc) is 2.28. The van der Waals surface area contributed by atoms with E-state index in [1.807, 2.05) is 6.26 Å². The zero-order chi connectivity index (χ0) is 12.1. The van der Waals surface area contributed by atoms with Crippen molar-refractivity contribution >= 4 is 17.7 Å². The number of hydrogen-bond acceptors (Lipinski definition) is 5. The Bertz CT molecular complexity index is 319. The Balaban J connectivity index is 2.86. The first-order valence-corrected chi connectivity index (χ1v) is 6.84. The van der Waals surface area contributed by atoms with E-state index in [1.54, 1.807) is 11.8 Å². The lowest BCUT2D eigenvalue weighted by Gasteiger charge is -2.17. The molecule has 0 aliphatic rings. The topological polar surface area (TPSA) is 50.7 Å². The Morgan fingerprint density at radius 3 is 2.38 bits per heavy atom. The molecule has 0 saturated carbocycles. The van der Waals surface area contributed by atoms with Crippen molar-refractivity contribution in [3.05, 3.63) is 5.82 Å². The second-order valence-electron chi connectivity index (χ2n) is 4.09. The van der Waals surface area contributed by atoms with Crippen LogP contribution in [0.5, 0.6) is 0 Å². The Hall–Kier alpha value is -0.840. The molecule has 0 spiro atoms. The normalized spacial score (nSPS) is 12.9. The number of aryl methyl sites for hydroxylation is 1. The number of nitrogens with one attached hydrogen (secondary N) is 1. The lowest BCUT2D eigenvalue weighted by atomic mass is 10.1. The summed E-state index contributed by atoms with van der Waals surface area (Å²) < 4.78 is 0. The number of hydrogen-bond donors (Lipinski definition) is 1. The van der Waals surface area contributed by atoms with E-state index < -0.39 is 0 Å². The molecule has 0 saturated heterocycles. The third-order valence-electron chi connectivity index (χ3n) is 2.52. The molecule has 1 heterocycles. The molecule has 16 heavy (non-hydrogen) atoms. The maximum atomic E-state index is 4.38. The highest BCUT2D eigenvalue weighted by Gasteiger charge is 2.10. The van der Waals surface area contributed by atoms with Gasteiger partial charge >= 0.3 is 0 Å². The van der Waals surface area contributed by atoms with Crippen molar-refractivity contribution < 1.29 is 0 Å². The molecule has 1 N–H and O–H groups in total. The molecular formula is C11H20N4S.